The van der Waals surface area contributed by atoms with Gasteiger partial charge in [-0.3, -0.25) is 4.98 Å². The van der Waals surface area contributed by atoms with E-state index in [1.54, 1.807) is 6.20 Å². The van der Waals surface area contributed by atoms with Crippen molar-refractivity contribution in [3.8, 4) is 0 Å². The van der Waals surface area contributed by atoms with Crippen molar-refractivity contribution in [2.24, 2.45) is 0 Å². The molecule has 1 heterocycles. The summed E-state index contributed by atoms with van der Waals surface area (Å²) < 4.78 is 0.966. The zero-order valence-electron chi connectivity index (χ0n) is 10.4. The van der Waals surface area contributed by atoms with Crippen molar-refractivity contribution in [3.05, 3.63) is 58.2 Å². The summed E-state index contributed by atoms with van der Waals surface area (Å²) in [5.41, 5.74) is 9.27. The van der Waals surface area contributed by atoms with Crippen molar-refractivity contribution < 1.29 is 0 Å². The van der Waals surface area contributed by atoms with Crippen LogP contribution in [0.3, 0.4) is 0 Å². The van der Waals surface area contributed by atoms with Gasteiger partial charge in [-0.2, -0.15) is 0 Å². The lowest BCUT2D eigenvalue weighted by Crippen LogP contribution is -1.99. The molecule has 0 aliphatic carbocycles. The minimum absolute atomic E-state index is 0.640. The third-order valence-electron chi connectivity index (χ3n) is 3.01. The molecule has 2 aromatic carbocycles. The summed E-state index contributed by atoms with van der Waals surface area (Å²) >= 11 is 9.58. The molecular weight excluding hydrogens is 338 g/mol. The lowest BCUT2D eigenvalue weighted by Gasteiger charge is -2.12. The van der Waals surface area contributed by atoms with Crippen molar-refractivity contribution in [3.63, 3.8) is 0 Å². The molecule has 20 heavy (non-hydrogen) atoms. The average molecular weight is 349 g/mol. The van der Waals surface area contributed by atoms with Crippen LogP contribution in [-0.2, 0) is 0 Å². The highest BCUT2D eigenvalue weighted by Crippen LogP contribution is 2.32. The van der Waals surface area contributed by atoms with Crippen molar-refractivity contribution in [2.45, 2.75) is 0 Å². The van der Waals surface area contributed by atoms with E-state index in [1.165, 1.54) is 0 Å². The van der Waals surface area contributed by atoms with Gasteiger partial charge in [-0.15, -0.1) is 0 Å². The van der Waals surface area contributed by atoms with Crippen LogP contribution in [0.1, 0.15) is 0 Å². The Morgan fingerprint density at radius 2 is 1.90 bits per heavy atom. The molecule has 0 aliphatic heterocycles. The first-order chi connectivity index (χ1) is 9.65. The Kier molecular flexibility index (Phi) is 3.51. The first-order valence-corrected chi connectivity index (χ1v) is 7.17. The minimum Gasteiger partial charge on any atom is -0.396 e. The van der Waals surface area contributed by atoms with Gasteiger partial charge in [-0.05, 0) is 30.3 Å². The van der Waals surface area contributed by atoms with Gasteiger partial charge in [-0.25, -0.2) is 0 Å². The fourth-order valence-electron chi connectivity index (χ4n) is 1.99. The summed E-state index contributed by atoms with van der Waals surface area (Å²) in [6.07, 6.45) is 1.72. The zero-order chi connectivity index (χ0) is 14.1. The number of rotatable bonds is 2. The minimum atomic E-state index is 0.640. The second-order valence-electron chi connectivity index (χ2n) is 4.35. The van der Waals surface area contributed by atoms with Crippen LogP contribution in [0, 0.1) is 0 Å². The predicted molar refractivity (Wildman–Crippen MR) is 88.6 cm³/mol. The largest absolute Gasteiger partial charge is 0.396 e. The molecule has 0 spiro atoms. The van der Waals surface area contributed by atoms with E-state index in [9.17, 15) is 0 Å². The lowest BCUT2D eigenvalue weighted by molar-refractivity contribution is 1.39. The average Bonchev–Trinajstić information content (AvgIpc) is 2.45. The number of nitrogens with zero attached hydrogens (tertiary/aromatic N) is 1. The van der Waals surface area contributed by atoms with E-state index in [0.717, 1.165) is 26.8 Å². The molecule has 0 aliphatic rings. The highest BCUT2D eigenvalue weighted by atomic mass is 79.9. The van der Waals surface area contributed by atoms with Crippen LogP contribution < -0.4 is 11.1 Å². The number of aromatic nitrogens is 1. The standard InChI is InChI=1S/C15H11BrClN3/c16-9-5-6-12-10(7-9)15(18)14(8-19-12)20-13-4-2-1-3-11(13)17/h1-8,20H,(H2,18,19). The van der Waals surface area contributed by atoms with Gasteiger partial charge in [0.15, 0.2) is 0 Å². The summed E-state index contributed by atoms with van der Waals surface area (Å²) in [5, 5.41) is 4.76. The Morgan fingerprint density at radius 3 is 2.70 bits per heavy atom. The van der Waals surface area contributed by atoms with Gasteiger partial charge in [-0.1, -0.05) is 39.7 Å². The molecule has 3 aromatic rings. The molecule has 0 saturated heterocycles. The smallest absolute Gasteiger partial charge is 0.0811 e. The van der Waals surface area contributed by atoms with E-state index in [4.69, 9.17) is 17.3 Å². The maximum absolute atomic E-state index is 6.22. The second kappa shape index (κ2) is 5.31. The maximum Gasteiger partial charge on any atom is 0.0811 e. The molecule has 100 valence electrons. The molecular formula is C15H11BrClN3. The quantitative estimate of drug-likeness (QED) is 0.687. The van der Waals surface area contributed by atoms with Crippen LogP contribution in [0.4, 0.5) is 17.1 Å². The highest BCUT2D eigenvalue weighted by Gasteiger charge is 2.08. The first-order valence-electron chi connectivity index (χ1n) is 6.00. The Bertz CT molecular complexity index is 789. The Morgan fingerprint density at radius 1 is 1.10 bits per heavy atom. The normalized spacial score (nSPS) is 10.7. The van der Waals surface area contributed by atoms with Crippen LogP contribution in [-0.4, -0.2) is 4.98 Å². The van der Waals surface area contributed by atoms with Crippen LogP contribution in [0.5, 0.6) is 0 Å². The van der Waals surface area contributed by atoms with Crippen LogP contribution >= 0.6 is 27.5 Å². The van der Waals surface area contributed by atoms with E-state index in [-0.39, 0.29) is 0 Å². The van der Waals surface area contributed by atoms with E-state index in [2.05, 4.69) is 26.2 Å². The number of halogens is 2. The monoisotopic (exact) mass is 347 g/mol. The van der Waals surface area contributed by atoms with Crippen molar-refractivity contribution in [2.75, 3.05) is 11.1 Å². The summed E-state index contributed by atoms with van der Waals surface area (Å²) in [7, 11) is 0. The predicted octanol–water partition coefficient (Wildman–Crippen LogP) is 4.98. The third kappa shape index (κ3) is 2.44. The number of para-hydroxylation sites is 1. The van der Waals surface area contributed by atoms with Gasteiger partial charge in [0.05, 0.1) is 33.8 Å². The first kappa shape index (κ1) is 13.2. The SMILES string of the molecule is Nc1c(Nc2ccccc2Cl)cnc2ccc(Br)cc12. The molecule has 3 N–H and O–H groups in total. The Hall–Kier alpha value is -1.78. The zero-order valence-corrected chi connectivity index (χ0v) is 12.7. The number of hydrogen-bond acceptors (Lipinski definition) is 3. The van der Waals surface area contributed by atoms with E-state index in [0.29, 0.717) is 10.7 Å². The summed E-state index contributed by atoms with van der Waals surface area (Å²) in [4.78, 5) is 4.40. The van der Waals surface area contributed by atoms with Crippen molar-refractivity contribution in [1.29, 1.82) is 0 Å². The number of nitrogens with one attached hydrogen (secondary N) is 1. The molecule has 0 amide bonds. The molecule has 3 nitrogen and oxygen atoms in total. The fraction of sp³-hybridized carbons (Fsp3) is 0. The van der Waals surface area contributed by atoms with E-state index >= 15 is 0 Å². The number of hydrogen-bond donors (Lipinski definition) is 2. The number of fused-ring (bicyclic) bond motifs is 1. The molecule has 0 saturated carbocycles. The van der Waals surface area contributed by atoms with Gasteiger partial charge in [0, 0.05) is 9.86 Å². The van der Waals surface area contributed by atoms with Gasteiger partial charge in [0.1, 0.15) is 0 Å². The number of benzene rings is 2. The number of nitrogens with two attached hydrogens (primary N) is 1. The van der Waals surface area contributed by atoms with Crippen molar-refractivity contribution in [1.82, 2.24) is 4.98 Å². The van der Waals surface area contributed by atoms with Crippen LogP contribution in [0.25, 0.3) is 10.9 Å². The third-order valence-corrected chi connectivity index (χ3v) is 3.84. The van der Waals surface area contributed by atoms with E-state index in [1.807, 2.05) is 42.5 Å². The maximum atomic E-state index is 6.22. The molecule has 1 aromatic heterocycles. The summed E-state index contributed by atoms with van der Waals surface area (Å²) in [5.74, 6) is 0. The van der Waals surface area contributed by atoms with Gasteiger partial charge >= 0.3 is 0 Å². The molecule has 0 fully saturated rings. The van der Waals surface area contributed by atoms with Gasteiger partial charge in [0.25, 0.3) is 0 Å². The summed E-state index contributed by atoms with van der Waals surface area (Å²) in [6, 6.07) is 13.3. The highest BCUT2D eigenvalue weighted by molar-refractivity contribution is 9.10. The molecule has 0 radical (unpaired) electrons. The molecule has 0 bridgehead atoms. The van der Waals surface area contributed by atoms with Gasteiger partial charge in [0.2, 0.25) is 0 Å². The second-order valence-corrected chi connectivity index (χ2v) is 5.67. The van der Waals surface area contributed by atoms with Crippen LogP contribution in [0.15, 0.2) is 53.1 Å². The van der Waals surface area contributed by atoms with Crippen molar-refractivity contribution >= 4 is 55.5 Å². The molecule has 0 atom stereocenters. The Labute approximate surface area is 129 Å². The van der Waals surface area contributed by atoms with Gasteiger partial charge < -0.3 is 11.1 Å². The Balaban J connectivity index is 2.09. The molecule has 0 unspecified atom stereocenters. The van der Waals surface area contributed by atoms with Crippen LogP contribution in [0.2, 0.25) is 5.02 Å². The lowest BCUT2D eigenvalue weighted by atomic mass is 10.1. The summed E-state index contributed by atoms with van der Waals surface area (Å²) in [6.45, 7) is 0. The molecule has 3 rings (SSSR count). The number of pyridine rings is 1. The topological polar surface area (TPSA) is 50.9 Å². The number of nitrogen functional groups attached to an aromatic ring is 1. The number of anilines is 3. The van der Waals surface area contributed by atoms with E-state index < -0.39 is 0 Å². The fourth-order valence-corrected chi connectivity index (χ4v) is 2.54. The molecule has 5 heteroatoms.